The van der Waals surface area contributed by atoms with Gasteiger partial charge in [0.2, 0.25) is 0 Å². The number of amides is 2. The lowest BCUT2D eigenvalue weighted by atomic mass is 9.92. The van der Waals surface area contributed by atoms with Crippen LogP contribution in [0, 0.1) is 5.92 Å². The summed E-state index contributed by atoms with van der Waals surface area (Å²) < 4.78 is 0. The van der Waals surface area contributed by atoms with Gasteiger partial charge in [0.15, 0.2) is 0 Å². The van der Waals surface area contributed by atoms with E-state index in [2.05, 4.69) is 10.6 Å². The molecule has 1 aromatic rings. The molecular weight excluding hydrogens is 262 g/mol. The maximum atomic E-state index is 12.3. The number of nitrogens with zero attached hydrogens (tertiary/aromatic N) is 1. The maximum absolute atomic E-state index is 12.3. The molecule has 2 aliphatic rings. The molecule has 1 aromatic carbocycles. The second-order valence-corrected chi connectivity index (χ2v) is 5.69. The molecule has 0 aromatic heterocycles. The number of rotatable bonds is 1. The van der Waals surface area contributed by atoms with E-state index in [0.717, 1.165) is 31.7 Å². The van der Waals surface area contributed by atoms with Gasteiger partial charge in [-0.15, -0.1) is 0 Å². The predicted molar refractivity (Wildman–Crippen MR) is 76.6 cm³/mol. The van der Waals surface area contributed by atoms with Gasteiger partial charge in [0, 0.05) is 36.4 Å². The number of piperidine rings is 1. The van der Waals surface area contributed by atoms with Crippen LogP contribution < -0.4 is 10.6 Å². The number of benzene rings is 1. The van der Waals surface area contributed by atoms with Crippen LogP contribution in [0.2, 0.25) is 5.02 Å². The van der Waals surface area contributed by atoms with E-state index in [1.807, 2.05) is 17.0 Å². The van der Waals surface area contributed by atoms with Crippen molar-refractivity contribution in [2.24, 2.45) is 5.92 Å². The first-order valence-electron chi connectivity index (χ1n) is 6.78. The molecule has 2 atom stereocenters. The minimum Gasteiger partial charge on any atom is -0.320 e. The van der Waals surface area contributed by atoms with Gasteiger partial charge in [-0.3, -0.25) is 0 Å². The van der Waals surface area contributed by atoms with Crippen molar-refractivity contribution in [2.75, 3.05) is 25.0 Å². The van der Waals surface area contributed by atoms with Gasteiger partial charge in [-0.25, -0.2) is 4.79 Å². The van der Waals surface area contributed by atoms with Crippen molar-refractivity contribution >= 4 is 23.3 Å². The monoisotopic (exact) mass is 279 g/mol. The molecule has 2 unspecified atom stereocenters. The second-order valence-electron chi connectivity index (χ2n) is 5.26. The number of carbonyl (C=O) groups is 1. The van der Waals surface area contributed by atoms with E-state index in [9.17, 15) is 4.79 Å². The quantitative estimate of drug-likeness (QED) is 0.830. The molecule has 0 spiro atoms. The van der Waals surface area contributed by atoms with Crippen molar-refractivity contribution in [1.82, 2.24) is 10.2 Å². The Hall–Kier alpha value is -1.26. The summed E-state index contributed by atoms with van der Waals surface area (Å²) >= 11 is 5.84. The van der Waals surface area contributed by atoms with Crippen LogP contribution in [0.4, 0.5) is 10.5 Å². The lowest BCUT2D eigenvalue weighted by molar-refractivity contribution is 0.147. The molecule has 2 heterocycles. The third kappa shape index (κ3) is 2.69. The summed E-state index contributed by atoms with van der Waals surface area (Å²) in [5, 5.41) is 7.01. The molecule has 5 heteroatoms. The predicted octanol–water partition coefficient (Wildman–Crippen LogP) is 2.56. The van der Waals surface area contributed by atoms with Crippen LogP contribution in [0.3, 0.4) is 0 Å². The van der Waals surface area contributed by atoms with Gasteiger partial charge in [0.05, 0.1) is 0 Å². The van der Waals surface area contributed by atoms with E-state index < -0.39 is 0 Å². The summed E-state index contributed by atoms with van der Waals surface area (Å²) in [7, 11) is 0. The lowest BCUT2D eigenvalue weighted by Gasteiger charge is -2.36. The van der Waals surface area contributed by atoms with Gasteiger partial charge in [-0.2, -0.15) is 0 Å². The van der Waals surface area contributed by atoms with Crippen molar-refractivity contribution < 1.29 is 4.79 Å². The van der Waals surface area contributed by atoms with Gasteiger partial charge < -0.3 is 15.5 Å². The van der Waals surface area contributed by atoms with Crippen LogP contribution in [0.1, 0.15) is 12.8 Å². The van der Waals surface area contributed by atoms with Gasteiger partial charge >= 0.3 is 6.03 Å². The van der Waals surface area contributed by atoms with E-state index >= 15 is 0 Å². The molecule has 102 valence electrons. The molecule has 0 aliphatic carbocycles. The number of urea groups is 1. The van der Waals surface area contributed by atoms with E-state index in [-0.39, 0.29) is 6.03 Å². The molecular formula is C14H18ClN3O. The molecule has 3 rings (SSSR count). The van der Waals surface area contributed by atoms with E-state index in [4.69, 9.17) is 11.6 Å². The Labute approximate surface area is 118 Å². The number of nitrogens with one attached hydrogen (secondary N) is 2. The highest BCUT2D eigenvalue weighted by Crippen LogP contribution is 2.27. The first kappa shape index (κ1) is 12.8. The number of fused-ring (bicyclic) bond motifs is 1. The van der Waals surface area contributed by atoms with Gasteiger partial charge in [0.25, 0.3) is 0 Å². The molecule has 2 aliphatic heterocycles. The zero-order valence-electron chi connectivity index (χ0n) is 10.7. The van der Waals surface area contributed by atoms with E-state index in [0.29, 0.717) is 17.0 Å². The third-order valence-corrected chi connectivity index (χ3v) is 4.29. The normalized spacial score (nSPS) is 26.1. The SMILES string of the molecule is O=C(Nc1ccc(Cl)cc1)N1CCCC2CNCC21. The van der Waals surface area contributed by atoms with Crippen molar-refractivity contribution in [2.45, 2.75) is 18.9 Å². The average Bonchev–Trinajstić information content (AvgIpc) is 2.89. The second kappa shape index (κ2) is 5.39. The number of hydrogen-bond acceptors (Lipinski definition) is 2. The molecule has 0 saturated carbocycles. The minimum atomic E-state index is 0.000669. The molecule has 0 bridgehead atoms. The highest BCUT2D eigenvalue weighted by Gasteiger charge is 2.37. The van der Waals surface area contributed by atoms with Crippen LogP contribution in [-0.4, -0.2) is 36.6 Å². The Morgan fingerprint density at radius 1 is 1.32 bits per heavy atom. The molecule has 2 fully saturated rings. The zero-order chi connectivity index (χ0) is 13.2. The van der Waals surface area contributed by atoms with Crippen molar-refractivity contribution in [1.29, 1.82) is 0 Å². The maximum Gasteiger partial charge on any atom is 0.322 e. The first-order valence-corrected chi connectivity index (χ1v) is 7.16. The molecule has 4 nitrogen and oxygen atoms in total. The third-order valence-electron chi connectivity index (χ3n) is 4.03. The van der Waals surface area contributed by atoms with Gasteiger partial charge in [0.1, 0.15) is 0 Å². The van der Waals surface area contributed by atoms with Crippen LogP contribution in [0.25, 0.3) is 0 Å². The highest BCUT2D eigenvalue weighted by molar-refractivity contribution is 6.30. The van der Waals surface area contributed by atoms with Crippen molar-refractivity contribution in [3.05, 3.63) is 29.3 Å². The number of anilines is 1. The summed E-state index contributed by atoms with van der Waals surface area (Å²) in [6.45, 7) is 2.80. The largest absolute Gasteiger partial charge is 0.322 e. The summed E-state index contributed by atoms with van der Waals surface area (Å²) in [5.41, 5.74) is 0.794. The summed E-state index contributed by atoms with van der Waals surface area (Å²) in [6, 6.07) is 7.57. The van der Waals surface area contributed by atoms with Crippen molar-refractivity contribution in [3.8, 4) is 0 Å². The molecule has 19 heavy (non-hydrogen) atoms. The number of likely N-dealkylation sites (tertiary alicyclic amines) is 1. The average molecular weight is 280 g/mol. The summed E-state index contributed by atoms with van der Waals surface area (Å²) in [4.78, 5) is 14.3. The molecule has 2 amide bonds. The number of hydrogen-bond donors (Lipinski definition) is 2. The van der Waals surface area contributed by atoms with E-state index in [1.165, 1.54) is 6.42 Å². The fourth-order valence-corrected chi connectivity index (χ4v) is 3.17. The Morgan fingerprint density at radius 2 is 2.11 bits per heavy atom. The minimum absolute atomic E-state index is 0.000669. The van der Waals surface area contributed by atoms with Crippen LogP contribution in [0.15, 0.2) is 24.3 Å². The first-order chi connectivity index (χ1) is 9.24. The highest BCUT2D eigenvalue weighted by atomic mass is 35.5. The Morgan fingerprint density at radius 3 is 2.89 bits per heavy atom. The van der Waals surface area contributed by atoms with Gasteiger partial charge in [-0.05, 0) is 43.0 Å². The Bertz CT molecular complexity index is 462. The van der Waals surface area contributed by atoms with Crippen LogP contribution >= 0.6 is 11.6 Å². The topological polar surface area (TPSA) is 44.4 Å². The lowest BCUT2D eigenvalue weighted by Crippen LogP contribution is -2.50. The van der Waals surface area contributed by atoms with Crippen LogP contribution in [-0.2, 0) is 0 Å². The fraction of sp³-hybridized carbons (Fsp3) is 0.500. The summed E-state index contributed by atoms with van der Waals surface area (Å²) in [5.74, 6) is 0.615. The Balaban J connectivity index is 1.67. The van der Waals surface area contributed by atoms with Crippen molar-refractivity contribution in [3.63, 3.8) is 0 Å². The standard InChI is InChI=1S/C14H18ClN3O/c15-11-3-5-12(6-4-11)17-14(19)18-7-1-2-10-8-16-9-13(10)18/h3-6,10,13,16H,1-2,7-9H2,(H,17,19). The smallest absolute Gasteiger partial charge is 0.320 e. The fourth-order valence-electron chi connectivity index (χ4n) is 3.05. The number of halogens is 1. The Kier molecular flexibility index (Phi) is 3.62. The molecule has 2 N–H and O–H groups in total. The summed E-state index contributed by atoms with van der Waals surface area (Å²) in [6.07, 6.45) is 2.32. The van der Waals surface area contributed by atoms with Gasteiger partial charge in [-0.1, -0.05) is 11.6 Å². The van der Waals surface area contributed by atoms with E-state index in [1.54, 1.807) is 12.1 Å². The molecule has 2 saturated heterocycles. The molecule has 0 radical (unpaired) electrons. The zero-order valence-corrected chi connectivity index (χ0v) is 11.5. The number of carbonyl (C=O) groups excluding carboxylic acids is 1. The van der Waals surface area contributed by atoms with Crippen LogP contribution in [0.5, 0.6) is 0 Å².